The van der Waals surface area contributed by atoms with Crippen LogP contribution in [0.1, 0.15) is 16.1 Å². The van der Waals surface area contributed by atoms with Crippen molar-refractivity contribution in [3.63, 3.8) is 0 Å². The van der Waals surface area contributed by atoms with Crippen molar-refractivity contribution in [3.8, 4) is 11.3 Å². The van der Waals surface area contributed by atoms with Crippen LogP contribution in [-0.4, -0.2) is 17.0 Å². The number of hydrogen-bond acceptors (Lipinski definition) is 3. The number of carbonyl (C=O) groups excluding carboxylic acids is 1. The van der Waals surface area contributed by atoms with Crippen molar-refractivity contribution in [2.24, 2.45) is 0 Å². The molecule has 1 amide bonds. The minimum absolute atomic E-state index is 0.118. The van der Waals surface area contributed by atoms with E-state index in [1.807, 2.05) is 0 Å². The van der Waals surface area contributed by atoms with Crippen LogP contribution in [0.3, 0.4) is 0 Å². The Labute approximate surface area is 164 Å². The average Bonchev–Trinajstić information content (AvgIpc) is 3.10. The van der Waals surface area contributed by atoms with Crippen molar-refractivity contribution >= 4 is 46.8 Å². The highest BCUT2D eigenvalue weighted by Crippen LogP contribution is 2.29. The lowest BCUT2D eigenvalue weighted by atomic mass is 10.2. The number of carboxylic acid groups (broad SMARTS) is 1. The van der Waals surface area contributed by atoms with Gasteiger partial charge in [-0.3, -0.25) is 4.79 Å². The minimum atomic E-state index is -1.05. The molecule has 0 saturated carbocycles. The average molecular weight is 402 g/mol. The number of anilines is 1. The SMILES string of the molecule is O=C(O)C=Cc1cccc(NC(=O)c2ccc(-c3cc(Cl)cc(Cl)c3)o2)c1. The highest BCUT2D eigenvalue weighted by atomic mass is 35.5. The number of halogens is 2. The molecular weight excluding hydrogens is 389 g/mol. The molecule has 0 unspecified atom stereocenters. The zero-order chi connectivity index (χ0) is 19.4. The van der Waals surface area contributed by atoms with Gasteiger partial charge in [-0.2, -0.15) is 0 Å². The number of aliphatic carboxylic acids is 1. The van der Waals surface area contributed by atoms with E-state index in [0.717, 1.165) is 6.08 Å². The van der Waals surface area contributed by atoms with Gasteiger partial charge in [0.2, 0.25) is 0 Å². The fraction of sp³-hybridized carbons (Fsp3) is 0. The molecule has 1 heterocycles. The van der Waals surface area contributed by atoms with Gasteiger partial charge in [-0.05, 0) is 54.1 Å². The van der Waals surface area contributed by atoms with Gasteiger partial charge in [0, 0.05) is 27.4 Å². The van der Waals surface area contributed by atoms with Crippen molar-refractivity contribution in [1.82, 2.24) is 0 Å². The fourth-order valence-electron chi connectivity index (χ4n) is 2.39. The van der Waals surface area contributed by atoms with Gasteiger partial charge in [0.05, 0.1) is 0 Å². The molecule has 5 nitrogen and oxygen atoms in total. The first kappa shape index (κ1) is 18.8. The fourth-order valence-corrected chi connectivity index (χ4v) is 2.92. The third kappa shape index (κ3) is 5.00. The molecule has 0 radical (unpaired) electrons. The second-order valence-corrected chi connectivity index (χ2v) is 6.45. The van der Waals surface area contributed by atoms with Gasteiger partial charge < -0.3 is 14.8 Å². The van der Waals surface area contributed by atoms with E-state index in [4.69, 9.17) is 32.7 Å². The Hall–Kier alpha value is -3.02. The highest BCUT2D eigenvalue weighted by molar-refractivity contribution is 6.35. The molecule has 27 heavy (non-hydrogen) atoms. The van der Waals surface area contributed by atoms with E-state index in [2.05, 4.69) is 5.32 Å². The maximum atomic E-state index is 12.4. The summed E-state index contributed by atoms with van der Waals surface area (Å²) in [5.41, 5.74) is 1.81. The van der Waals surface area contributed by atoms with Crippen LogP contribution in [-0.2, 0) is 4.79 Å². The van der Waals surface area contributed by atoms with Gasteiger partial charge in [0.15, 0.2) is 5.76 Å². The summed E-state index contributed by atoms with van der Waals surface area (Å²) in [6.45, 7) is 0. The van der Waals surface area contributed by atoms with Crippen LogP contribution in [0.25, 0.3) is 17.4 Å². The molecule has 0 bridgehead atoms. The second-order valence-electron chi connectivity index (χ2n) is 5.57. The Morgan fingerprint density at radius 1 is 1.00 bits per heavy atom. The number of benzene rings is 2. The summed E-state index contributed by atoms with van der Waals surface area (Å²) in [5, 5.41) is 12.3. The van der Waals surface area contributed by atoms with E-state index in [9.17, 15) is 9.59 Å². The molecule has 7 heteroatoms. The van der Waals surface area contributed by atoms with Crippen molar-refractivity contribution in [2.75, 3.05) is 5.32 Å². The molecule has 2 aromatic carbocycles. The third-order valence-electron chi connectivity index (χ3n) is 3.54. The molecule has 0 aliphatic heterocycles. The molecule has 0 saturated heterocycles. The monoisotopic (exact) mass is 401 g/mol. The van der Waals surface area contributed by atoms with Crippen LogP contribution < -0.4 is 5.32 Å². The van der Waals surface area contributed by atoms with Gasteiger partial charge in [-0.25, -0.2) is 4.79 Å². The first-order valence-electron chi connectivity index (χ1n) is 7.79. The zero-order valence-electron chi connectivity index (χ0n) is 13.8. The molecule has 2 N–H and O–H groups in total. The van der Waals surface area contributed by atoms with Crippen molar-refractivity contribution in [2.45, 2.75) is 0 Å². The van der Waals surface area contributed by atoms with Crippen LogP contribution in [0, 0.1) is 0 Å². The number of carbonyl (C=O) groups is 2. The molecular formula is C20H13Cl2NO4. The maximum absolute atomic E-state index is 12.4. The molecule has 0 aliphatic carbocycles. The number of rotatable bonds is 5. The first-order valence-corrected chi connectivity index (χ1v) is 8.55. The number of furan rings is 1. The Morgan fingerprint density at radius 2 is 1.74 bits per heavy atom. The normalized spacial score (nSPS) is 10.9. The lowest BCUT2D eigenvalue weighted by Crippen LogP contribution is -2.10. The molecule has 0 atom stereocenters. The van der Waals surface area contributed by atoms with E-state index >= 15 is 0 Å². The highest BCUT2D eigenvalue weighted by Gasteiger charge is 2.13. The van der Waals surface area contributed by atoms with Crippen LogP contribution in [0.4, 0.5) is 5.69 Å². The predicted molar refractivity (Wildman–Crippen MR) is 105 cm³/mol. The van der Waals surface area contributed by atoms with E-state index < -0.39 is 11.9 Å². The molecule has 0 aliphatic rings. The van der Waals surface area contributed by atoms with Crippen molar-refractivity contribution < 1.29 is 19.1 Å². The largest absolute Gasteiger partial charge is 0.478 e. The number of carboxylic acids is 1. The summed E-state index contributed by atoms with van der Waals surface area (Å²) in [5.74, 6) is -0.905. The summed E-state index contributed by atoms with van der Waals surface area (Å²) in [7, 11) is 0. The quantitative estimate of drug-likeness (QED) is 0.544. The van der Waals surface area contributed by atoms with Crippen molar-refractivity contribution in [3.05, 3.63) is 82.0 Å². The topological polar surface area (TPSA) is 79.5 Å². The summed E-state index contributed by atoms with van der Waals surface area (Å²) in [6, 6.07) is 15.0. The Morgan fingerprint density at radius 3 is 2.44 bits per heavy atom. The number of hydrogen-bond donors (Lipinski definition) is 2. The summed E-state index contributed by atoms with van der Waals surface area (Å²) >= 11 is 12.0. The minimum Gasteiger partial charge on any atom is -0.478 e. The summed E-state index contributed by atoms with van der Waals surface area (Å²) < 4.78 is 5.60. The molecule has 1 aromatic heterocycles. The van der Waals surface area contributed by atoms with Crippen LogP contribution in [0.2, 0.25) is 10.0 Å². The molecule has 3 aromatic rings. The lowest BCUT2D eigenvalue weighted by Gasteiger charge is -2.04. The van der Waals surface area contributed by atoms with Gasteiger partial charge in [0.25, 0.3) is 5.91 Å². The Bertz CT molecular complexity index is 1020. The van der Waals surface area contributed by atoms with E-state index in [0.29, 0.717) is 32.6 Å². The van der Waals surface area contributed by atoms with Crippen LogP contribution >= 0.6 is 23.2 Å². The molecule has 0 fully saturated rings. The predicted octanol–water partition coefficient (Wildman–Crippen LogP) is 5.60. The number of amides is 1. The van der Waals surface area contributed by atoms with Gasteiger partial charge in [-0.1, -0.05) is 35.3 Å². The zero-order valence-corrected chi connectivity index (χ0v) is 15.3. The van der Waals surface area contributed by atoms with Gasteiger partial charge in [0.1, 0.15) is 5.76 Å². The van der Waals surface area contributed by atoms with E-state index in [1.165, 1.54) is 6.08 Å². The summed E-state index contributed by atoms with van der Waals surface area (Å²) in [6.07, 6.45) is 2.46. The lowest BCUT2D eigenvalue weighted by molar-refractivity contribution is -0.131. The van der Waals surface area contributed by atoms with Crippen molar-refractivity contribution in [1.29, 1.82) is 0 Å². The molecule has 0 spiro atoms. The van der Waals surface area contributed by atoms with Crippen LogP contribution in [0.15, 0.2) is 65.1 Å². The first-order chi connectivity index (χ1) is 12.9. The second kappa shape index (κ2) is 8.12. The van der Waals surface area contributed by atoms with E-state index in [1.54, 1.807) is 54.6 Å². The van der Waals surface area contributed by atoms with Gasteiger partial charge in [-0.15, -0.1) is 0 Å². The van der Waals surface area contributed by atoms with E-state index in [-0.39, 0.29) is 5.76 Å². The number of nitrogens with one attached hydrogen (secondary N) is 1. The molecule has 136 valence electrons. The Balaban J connectivity index is 1.77. The standard InChI is InChI=1S/C20H13Cl2NO4/c21-14-9-13(10-15(22)11-14)17-5-6-18(27-17)20(26)23-16-3-1-2-12(8-16)4-7-19(24)25/h1-11H,(H,23,26)(H,24,25). The third-order valence-corrected chi connectivity index (χ3v) is 3.98. The smallest absolute Gasteiger partial charge is 0.328 e. The Kier molecular flexibility index (Phi) is 5.64. The maximum Gasteiger partial charge on any atom is 0.328 e. The summed E-state index contributed by atoms with van der Waals surface area (Å²) in [4.78, 5) is 23.0. The van der Waals surface area contributed by atoms with Crippen LogP contribution in [0.5, 0.6) is 0 Å². The van der Waals surface area contributed by atoms with Gasteiger partial charge >= 0.3 is 5.97 Å². The molecule has 3 rings (SSSR count).